The molecular weight excluding hydrogens is 270 g/mol. The van der Waals surface area contributed by atoms with Crippen LogP contribution >= 0.6 is 0 Å². The molecule has 6 nitrogen and oxygen atoms in total. The quantitative estimate of drug-likeness (QED) is 0.761. The molecule has 0 spiro atoms. The maximum absolute atomic E-state index is 11.2. The van der Waals surface area contributed by atoms with Crippen molar-refractivity contribution in [2.24, 2.45) is 0 Å². The van der Waals surface area contributed by atoms with E-state index in [0.717, 1.165) is 16.8 Å². The maximum atomic E-state index is 11.2. The molecule has 0 unspecified atom stereocenters. The van der Waals surface area contributed by atoms with Crippen LogP contribution in [0.15, 0.2) is 16.8 Å². The van der Waals surface area contributed by atoms with Gasteiger partial charge in [-0.25, -0.2) is 0 Å². The van der Waals surface area contributed by atoms with Crippen LogP contribution in [0.3, 0.4) is 0 Å². The zero-order valence-corrected chi connectivity index (χ0v) is 12.5. The first-order valence-corrected chi connectivity index (χ1v) is 7.02. The topological polar surface area (TPSA) is 78.1 Å². The highest BCUT2D eigenvalue weighted by Gasteiger charge is 2.12. The normalized spacial score (nSPS) is 10.6. The number of aromatic nitrogens is 3. The Morgan fingerprint density at radius 3 is 2.90 bits per heavy atom. The van der Waals surface area contributed by atoms with E-state index in [1.54, 1.807) is 13.1 Å². The number of aryl methyl sites for hydroxylation is 3. The fraction of sp³-hybridized carbons (Fsp3) is 0.467. The van der Waals surface area contributed by atoms with E-state index in [1.165, 1.54) is 0 Å². The van der Waals surface area contributed by atoms with Gasteiger partial charge in [0.15, 0.2) is 0 Å². The zero-order valence-electron chi connectivity index (χ0n) is 12.5. The van der Waals surface area contributed by atoms with Crippen molar-refractivity contribution >= 4 is 5.97 Å². The molecule has 0 radical (unpaired) electrons. The number of esters is 1. The summed E-state index contributed by atoms with van der Waals surface area (Å²) in [6.45, 7) is 6.15. The first-order chi connectivity index (χ1) is 10.1. The Hall–Kier alpha value is -2.24. The molecule has 6 heteroatoms. The van der Waals surface area contributed by atoms with Crippen molar-refractivity contribution < 1.29 is 14.1 Å². The van der Waals surface area contributed by atoms with Crippen LogP contribution in [0, 0.1) is 13.8 Å². The summed E-state index contributed by atoms with van der Waals surface area (Å²) in [7, 11) is 0. The van der Waals surface area contributed by atoms with E-state index >= 15 is 0 Å². The van der Waals surface area contributed by atoms with Crippen LogP contribution in [-0.2, 0) is 16.0 Å². The van der Waals surface area contributed by atoms with Crippen LogP contribution in [0.5, 0.6) is 0 Å². The van der Waals surface area contributed by atoms with Gasteiger partial charge in [0, 0.05) is 19.0 Å². The van der Waals surface area contributed by atoms with Crippen molar-refractivity contribution in [3.8, 4) is 11.5 Å². The van der Waals surface area contributed by atoms with Gasteiger partial charge in [0.2, 0.25) is 11.7 Å². The third kappa shape index (κ3) is 4.11. The molecule has 0 fully saturated rings. The van der Waals surface area contributed by atoms with Crippen molar-refractivity contribution in [2.75, 3.05) is 6.61 Å². The van der Waals surface area contributed by atoms with E-state index < -0.39 is 0 Å². The van der Waals surface area contributed by atoms with Crippen LogP contribution < -0.4 is 0 Å². The van der Waals surface area contributed by atoms with E-state index in [0.29, 0.717) is 37.6 Å². The number of nitrogens with zero attached hydrogens (tertiary/aromatic N) is 3. The number of carbonyl (C=O) groups excluding carboxylic acids is 1. The Bertz CT molecular complexity index is 622. The van der Waals surface area contributed by atoms with Gasteiger partial charge in [0.05, 0.1) is 6.61 Å². The van der Waals surface area contributed by atoms with Gasteiger partial charge in [-0.1, -0.05) is 11.2 Å². The van der Waals surface area contributed by atoms with Gasteiger partial charge in [-0.3, -0.25) is 9.78 Å². The largest absolute Gasteiger partial charge is 0.466 e. The molecule has 112 valence electrons. The Balaban J connectivity index is 1.96. The molecule has 0 aliphatic heterocycles. The fourth-order valence-electron chi connectivity index (χ4n) is 2.02. The molecule has 0 saturated heterocycles. The third-order valence-corrected chi connectivity index (χ3v) is 2.97. The summed E-state index contributed by atoms with van der Waals surface area (Å²) in [5.41, 5.74) is 2.82. The lowest BCUT2D eigenvalue weighted by Gasteiger charge is -2.00. The third-order valence-electron chi connectivity index (χ3n) is 2.97. The number of hydrogen-bond acceptors (Lipinski definition) is 6. The summed E-state index contributed by atoms with van der Waals surface area (Å²) in [5.74, 6) is 0.794. The Morgan fingerprint density at radius 2 is 2.19 bits per heavy atom. The van der Waals surface area contributed by atoms with E-state index in [2.05, 4.69) is 15.1 Å². The zero-order chi connectivity index (χ0) is 15.2. The molecule has 2 rings (SSSR count). The SMILES string of the molecule is CCOC(=O)CCCc1nc(-c2ncc(C)cc2C)no1. The molecule has 2 aromatic rings. The number of rotatable bonds is 6. The van der Waals surface area contributed by atoms with Crippen LogP contribution in [0.2, 0.25) is 0 Å². The van der Waals surface area contributed by atoms with Crippen molar-refractivity contribution in [1.82, 2.24) is 15.1 Å². The lowest BCUT2D eigenvalue weighted by molar-refractivity contribution is -0.143. The van der Waals surface area contributed by atoms with Gasteiger partial charge in [-0.05, 0) is 38.3 Å². The molecular formula is C15H19N3O3. The standard InChI is InChI=1S/C15H19N3O3/c1-4-20-13(19)7-5-6-12-17-15(18-21-12)14-11(3)8-10(2)9-16-14/h8-9H,4-7H2,1-3H3. The Labute approximate surface area is 123 Å². The molecule has 0 amide bonds. The number of hydrogen-bond donors (Lipinski definition) is 0. The molecule has 0 bridgehead atoms. The highest BCUT2D eigenvalue weighted by molar-refractivity contribution is 5.69. The van der Waals surface area contributed by atoms with E-state index in [1.807, 2.05) is 19.9 Å². The van der Waals surface area contributed by atoms with Crippen LogP contribution in [0.1, 0.15) is 36.8 Å². The van der Waals surface area contributed by atoms with Crippen molar-refractivity contribution in [1.29, 1.82) is 0 Å². The second-order valence-electron chi connectivity index (χ2n) is 4.85. The second-order valence-corrected chi connectivity index (χ2v) is 4.85. The van der Waals surface area contributed by atoms with Crippen LogP contribution in [0.4, 0.5) is 0 Å². The smallest absolute Gasteiger partial charge is 0.305 e. The molecule has 2 heterocycles. The summed E-state index contributed by atoms with van der Waals surface area (Å²) in [6.07, 6.45) is 3.31. The minimum absolute atomic E-state index is 0.201. The molecule has 0 N–H and O–H groups in total. The first kappa shape index (κ1) is 15.2. The van der Waals surface area contributed by atoms with E-state index in [9.17, 15) is 4.79 Å². The predicted octanol–water partition coefficient (Wildman–Crippen LogP) is 2.63. The first-order valence-electron chi connectivity index (χ1n) is 7.02. The van der Waals surface area contributed by atoms with Crippen LogP contribution in [0.25, 0.3) is 11.5 Å². The summed E-state index contributed by atoms with van der Waals surface area (Å²) in [4.78, 5) is 19.9. The van der Waals surface area contributed by atoms with E-state index in [-0.39, 0.29) is 5.97 Å². The molecule has 0 aromatic carbocycles. The average molecular weight is 289 g/mol. The Morgan fingerprint density at radius 1 is 1.38 bits per heavy atom. The second kappa shape index (κ2) is 6.97. The molecule has 0 atom stereocenters. The minimum Gasteiger partial charge on any atom is -0.466 e. The summed E-state index contributed by atoms with van der Waals surface area (Å²) in [6, 6.07) is 2.03. The molecule has 0 saturated carbocycles. The lowest BCUT2D eigenvalue weighted by atomic mass is 10.1. The number of carbonyl (C=O) groups is 1. The van der Waals surface area contributed by atoms with Gasteiger partial charge >= 0.3 is 5.97 Å². The van der Waals surface area contributed by atoms with Gasteiger partial charge in [-0.2, -0.15) is 4.98 Å². The predicted molar refractivity (Wildman–Crippen MR) is 76.6 cm³/mol. The van der Waals surface area contributed by atoms with Gasteiger partial charge < -0.3 is 9.26 Å². The monoisotopic (exact) mass is 289 g/mol. The van der Waals surface area contributed by atoms with E-state index in [4.69, 9.17) is 9.26 Å². The summed E-state index contributed by atoms with van der Waals surface area (Å²) < 4.78 is 10.1. The van der Waals surface area contributed by atoms with Crippen LogP contribution in [-0.4, -0.2) is 27.7 Å². The highest BCUT2D eigenvalue weighted by Crippen LogP contribution is 2.19. The van der Waals surface area contributed by atoms with Gasteiger partial charge in [0.1, 0.15) is 5.69 Å². The number of ether oxygens (including phenoxy) is 1. The summed E-state index contributed by atoms with van der Waals surface area (Å²) >= 11 is 0. The van der Waals surface area contributed by atoms with Crippen molar-refractivity contribution in [3.63, 3.8) is 0 Å². The summed E-state index contributed by atoms with van der Waals surface area (Å²) in [5, 5.41) is 3.95. The molecule has 2 aromatic heterocycles. The van der Waals surface area contributed by atoms with Crippen molar-refractivity contribution in [2.45, 2.75) is 40.0 Å². The molecule has 0 aliphatic rings. The van der Waals surface area contributed by atoms with Crippen molar-refractivity contribution in [3.05, 3.63) is 29.3 Å². The maximum Gasteiger partial charge on any atom is 0.305 e. The Kier molecular flexibility index (Phi) is 5.03. The molecule has 21 heavy (non-hydrogen) atoms. The molecule has 0 aliphatic carbocycles. The van der Waals surface area contributed by atoms with Gasteiger partial charge in [0.25, 0.3) is 0 Å². The minimum atomic E-state index is -0.201. The lowest BCUT2D eigenvalue weighted by Crippen LogP contribution is -2.04. The van der Waals surface area contributed by atoms with Gasteiger partial charge in [-0.15, -0.1) is 0 Å². The highest BCUT2D eigenvalue weighted by atomic mass is 16.5. The average Bonchev–Trinajstić information content (AvgIpc) is 2.87. The fourth-order valence-corrected chi connectivity index (χ4v) is 2.02. The number of pyridine rings is 1.